The molecule has 0 spiro atoms. The highest BCUT2D eigenvalue weighted by molar-refractivity contribution is 7.03. The van der Waals surface area contributed by atoms with Crippen LogP contribution in [0.15, 0.2) is 66.0 Å². The number of nitrogens with one attached hydrogen (secondary N) is 1. The van der Waals surface area contributed by atoms with Crippen molar-refractivity contribution in [2.24, 2.45) is 0 Å². The van der Waals surface area contributed by atoms with Crippen molar-refractivity contribution in [3.8, 4) is 0 Å². The van der Waals surface area contributed by atoms with E-state index >= 15 is 0 Å². The molecule has 2 amide bonds. The fourth-order valence-corrected chi connectivity index (χ4v) is 4.54. The van der Waals surface area contributed by atoms with E-state index in [1.54, 1.807) is 10.3 Å². The minimum Gasteiger partial charge on any atom is -0.351 e. The number of hydrogen-bond donors (Lipinski definition) is 1. The molecule has 0 saturated heterocycles. The summed E-state index contributed by atoms with van der Waals surface area (Å²) >= 11 is 1.13. The molecule has 1 aromatic heterocycles. The molecular weight excluding hydrogens is 408 g/mol. The van der Waals surface area contributed by atoms with E-state index in [2.05, 4.69) is 14.9 Å². The Bertz CT molecular complexity index is 973. The van der Waals surface area contributed by atoms with Crippen LogP contribution < -0.4 is 5.32 Å². The van der Waals surface area contributed by atoms with Crippen LogP contribution in [0.2, 0.25) is 0 Å². The molecule has 0 aliphatic heterocycles. The Morgan fingerprint density at radius 3 is 2.35 bits per heavy atom. The van der Waals surface area contributed by atoms with E-state index in [4.69, 9.17) is 0 Å². The van der Waals surface area contributed by atoms with Gasteiger partial charge < -0.3 is 10.2 Å². The average Bonchev–Trinajstić information content (AvgIpc) is 3.52. The van der Waals surface area contributed by atoms with Crippen LogP contribution in [0.5, 0.6) is 0 Å². The number of nitrogens with zero attached hydrogens (tertiary/aromatic N) is 3. The summed E-state index contributed by atoms with van der Waals surface area (Å²) in [5.74, 6) is -0.414. The van der Waals surface area contributed by atoms with Gasteiger partial charge in [0.25, 0.3) is 5.91 Å². The summed E-state index contributed by atoms with van der Waals surface area (Å²) in [6.45, 7) is 0.401. The highest BCUT2D eigenvalue weighted by Gasteiger charge is 2.34. The van der Waals surface area contributed by atoms with Crippen LogP contribution in [-0.4, -0.2) is 38.9 Å². The lowest BCUT2D eigenvalue weighted by Gasteiger charge is -2.32. The minimum atomic E-state index is -0.722. The van der Waals surface area contributed by atoms with Crippen LogP contribution >= 0.6 is 11.5 Å². The summed E-state index contributed by atoms with van der Waals surface area (Å²) in [6.07, 6.45) is 4.87. The van der Waals surface area contributed by atoms with Crippen LogP contribution in [-0.2, 0) is 11.2 Å². The third kappa shape index (κ3) is 5.35. The molecule has 1 aliphatic carbocycles. The predicted molar refractivity (Wildman–Crippen MR) is 121 cm³/mol. The quantitative estimate of drug-likeness (QED) is 0.581. The van der Waals surface area contributed by atoms with Crippen LogP contribution in [0.1, 0.15) is 53.3 Å². The topological polar surface area (TPSA) is 75.2 Å². The lowest BCUT2D eigenvalue weighted by Crippen LogP contribution is -2.47. The van der Waals surface area contributed by atoms with E-state index in [0.29, 0.717) is 13.0 Å². The van der Waals surface area contributed by atoms with Gasteiger partial charge in [-0.3, -0.25) is 9.59 Å². The molecule has 4 rings (SSSR count). The number of amides is 2. The van der Waals surface area contributed by atoms with Crippen molar-refractivity contribution in [2.45, 2.75) is 44.2 Å². The van der Waals surface area contributed by atoms with E-state index in [0.717, 1.165) is 48.3 Å². The molecule has 3 aromatic rings. The standard InChI is InChI=1S/C24H26N4O2S/c29-23(25-20-13-7-8-14-20)22(19-11-5-2-6-12-19)28(24(30)21-17-31-27-26-21)16-15-18-9-3-1-4-10-18/h1-6,9-12,17,20,22H,7-8,13-16H2,(H,25,29). The molecule has 1 heterocycles. The van der Waals surface area contributed by atoms with Gasteiger partial charge in [0.1, 0.15) is 6.04 Å². The summed E-state index contributed by atoms with van der Waals surface area (Å²) < 4.78 is 3.85. The van der Waals surface area contributed by atoms with Crippen molar-refractivity contribution in [1.82, 2.24) is 19.8 Å². The molecule has 1 saturated carbocycles. The van der Waals surface area contributed by atoms with Gasteiger partial charge in [-0.25, -0.2) is 0 Å². The highest BCUT2D eigenvalue weighted by Crippen LogP contribution is 2.26. The van der Waals surface area contributed by atoms with Crippen LogP contribution in [0.3, 0.4) is 0 Å². The lowest BCUT2D eigenvalue weighted by atomic mass is 10.0. The molecule has 7 heteroatoms. The van der Waals surface area contributed by atoms with Crippen LogP contribution in [0.4, 0.5) is 0 Å². The van der Waals surface area contributed by atoms with E-state index in [1.807, 2.05) is 60.7 Å². The molecule has 1 N–H and O–H groups in total. The van der Waals surface area contributed by atoms with Gasteiger partial charge in [0, 0.05) is 18.0 Å². The van der Waals surface area contributed by atoms with Gasteiger partial charge in [0.05, 0.1) is 0 Å². The molecule has 0 radical (unpaired) electrons. The molecular formula is C24H26N4O2S. The summed E-state index contributed by atoms with van der Waals surface area (Å²) in [5, 5.41) is 8.80. The number of aromatic nitrogens is 2. The van der Waals surface area contributed by atoms with E-state index in [1.165, 1.54) is 0 Å². The maximum atomic E-state index is 13.5. The van der Waals surface area contributed by atoms with Crippen molar-refractivity contribution in [3.05, 3.63) is 82.9 Å². The minimum absolute atomic E-state index is 0.136. The summed E-state index contributed by atoms with van der Waals surface area (Å²) in [6, 6.07) is 19.0. The number of benzene rings is 2. The SMILES string of the molecule is O=C(NC1CCCC1)C(c1ccccc1)N(CCc1ccccc1)C(=O)c1csnn1. The Morgan fingerprint density at radius 2 is 1.71 bits per heavy atom. The second-order valence-corrected chi connectivity index (χ2v) is 8.44. The Hall–Kier alpha value is -3.06. The van der Waals surface area contributed by atoms with Gasteiger partial charge in [-0.2, -0.15) is 0 Å². The summed E-state index contributed by atoms with van der Waals surface area (Å²) in [5.41, 5.74) is 2.18. The van der Waals surface area contributed by atoms with Gasteiger partial charge in [0.2, 0.25) is 5.91 Å². The molecule has 1 atom stereocenters. The third-order valence-corrected chi connectivity index (χ3v) is 6.21. The number of carbonyl (C=O) groups is 2. The average molecular weight is 435 g/mol. The van der Waals surface area contributed by atoms with Crippen LogP contribution in [0, 0.1) is 0 Å². The zero-order chi connectivity index (χ0) is 21.5. The third-order valence-electron chi connectivity index (χ3n) is 5.70. The van der Waals surface area contributed by atoms with Gasteiger partial charge in [-0.1, -0.05) is 78.0 Å². The fourth-order valence-electron chi connectivity index (χ4n) is 4.11. The van der Waals surface area contributed by atoms with E-state index in [9.17, 15) is 9.59 Å². The molecule has 1 unspecified atom stereocenters. The highest BCUT2D eigenvalue weighted by atomic mass is 32.1. The van der Waals surface area contributed by atoms with Gasteiger partial charge in [0.15, 0.2) is 5.69 Å². The first kappa shape index (κ1) is 21.2. The normalized spacial score (nSPS) is 14.8. The zero-order valence-corrected chi connectivity index (χ0v) is 18.1. The largest absolute Gasteiger partial charge is 0.351 e. The Kier molecular flexibility index (Phi) is 7.04. The maximum Gasteiger partial charge on any atom is 0.276 e. The van der Waals surface area contributed by atoms with Gasteiger partial charge in [-0.15, -0.1) is 5.10 Å². The van der Waals surface area contributed by atoms with Crippen molar-refractivity contribution < 1.29 is 9.59 Å². The fraction of sp³-hybridized carbons (Fsp3) is 0.333. The maximum absolute atomic E-state index is 13.5. The lowest BCUT2D eigenvalue weighted by molar-refractivity contribution is -0.126. The number of rotatable bonds is 8. The second kappa shape index (κ2) is 10.3. The molecule has 2 aromatic carbocycles. The first-order valence-electron chi connectivity index (χ1n) is 10.7. The summed E-state index contributed by atoms with van der Waals surface area (Å²) in [4.78, 5) is 28.6. The van der Waals surface area contributed by atoms with Crippen molar-refractivity contribution in [1.29, 1.82) is 0 Å². The Morgan fingerprint density at radius 1 is 1.03 bits per heavy atom. The predicted octanol–water partition coefficient (Wildman–Crippen LogP) is 4.02. The van der Waals surface area contributed by atoms with E-state index in [-0.39, 0.29) is 23.6 Å². The summed E-state index contributed by atoms with van der Waals surface area (Å²) in [7, 11) is 0. The smallest absolute Gasteiger partial charge is 0.276 e. The first-order chi connectivity index (χ1) is 15.2. The van der Waals surface area contributed by atoms with E-state index < -0.39 is 6.04 Å². The number of hydrogen-bond acceptors (Lipinski definition) is 5. The first-order valence-corrected chi connectivity index (χ1v) is 11.5. The molecule has 0 bridgehead atoms. The molecule has 160 valence electrons. The van der Waals surface area contributed by atoms with Crippen molar-refractivity contribution in [2.75, 3.05) is 6.54 Å². The van der Waals surface area contributed by atoms with Crippen molar-refractivity contribution in [3.63, 3.8) is 0 Å². The van der Waals surface area contributed by atoms with Gasteiger partial charge >= 0.3 is 0 Å². The van der Waals surface area contributed by atoms with Crippen molar-refractivity contribution >= 4 is 23.3 Å². The number of carbonyl (C=O) groups excluding carboxylic acids is 2. The zero-order valence-electron chi connectivity index (χ0n) is 17.3. The van der Waals surface area contributed by atoms with Crippen LogP contribution in [0.25, 0.3) is 0 Å². The van der Waals surface area contributed by atoms with Gasteiger partial charge in [-0.05, 0) is 41.9 Å². The molecule has 1 fully saturated rings. The second-order valence-electron chi connectivity index (χ2n) is 7.83. The Balaban J connectivity index is 1.65. The molecule has 31 heavy (non-hydrogen) atoms. The molecule has 6 nitrogen and oxygen atoms in total. The Labute approximate surface area is 186 Å². The monoisotopic (exact) mass is 434 g/mol. The molecule has 1 aliphatic rings.